The quantitative estimate of drug-likeness (QED) is 0.693. The van der Waals surface area contributed by atoms with E-state index >= 15 is 0 Å². The van der Waals surface area contributed by atoms with Gasteiger partial charge in [-0.25, -0.2) is 0 Å². The average Bonchev–Trinajstić information content (AvgIpc) is 2.33. The van der Waals surface area contributed by atoms with Crippen LogP contribution in [0, 0.1) is 0 Å². The number of ether oxygens (including phenoxy) is 2. The third-order valence-electron chi connectivity index (χ3n) is 3.90. The van der Waals surface area contributed by atoms with E-state index in [9.17, 15) is 0 Å². The number of rotatable bonds is 3. The third kappa shape index (κ3) is 1.41. The maximum absolute atomic E-state index is 6.04. The lowest BCUT2D eigenvalue weighted by Crippen LogP contribution is -2.48. The monoisotopic (exact) mass is 230 g/mol. The van der Waals surface area contributed by atoms with Gasteiger partial charge in [0.25, 0.3) is 0 Å². The van der Waals surface area contributed by atoms with E-state index in [1.807, 2.05) is 0 Å². The van der Waals surface area contributed by atoms with Crippen molar-refractivity contribution in [3.05, 3.63) is 46.6 Å². The first kappa shape index (κ1) is 11.0. The summed E-state index contributed by atoms with van der Waals surface area (Å²) in [7, 11) is 1.68. The van der Waals surface area contributed by atoms with Crippen molar-refractivity contribution in [2.75, 3.05) is 13.9 Å². The Morgan fingerprint density at radius 2 is 2.18 bits per heavy atom. The molecular weight excluding hydrogens is 212 g/mol. The van der Waals surface area contributed by atoms with Crippen LogP contribution in [-0.4, -0.2) is 19.5 Å². The molecule has 3 aliphatic carbocycles. The molecule has 3 aliphatic rings. The molecule has 2 heteroatoms. The molecule has 0 N–H and O–H groups in total. The molecule has 2 nitrogen and oxygen atoms in total. The first-order chi connectivity index (χ1) is 8.29. The fourth-order valence-electron chi connectivity index (χ4n) is 3.20. The second kappa shape index (κ2) is 3.97. The molecule has 0 saturated carbocycles. The largest absolute Gasteiger partial charge is 0.359 e. The Morgan fingerprint density at radius 1 is 1.29 bits per heavy atom. The van der Waals surface area contributed by atoms with E-state index in [4.69, 9.17) is 9.47 Å². The van der Waals surface area contributed by atoms with Gasteiger partial charge in [0.05, 0.1) is 0 Å². The van der Waals surface area contributed by atoms with Crippen molar-refractivity contribution in [1.29, 1.82) is 0 Å². The molecular formula is C15H18O2. The Bertz CT molecular complexity index is 465. The zero-order valence-corrected chi connectivity index (χ0v) is 10.5. The minimum absolute atomic E-state index is 0.172. The average molecular weight is 230 g/mol. The second-order valence-electron chi connectivity index (χ2n) is 4.91. The van der Waals surface area contributed by atoms with Crippen molar-refractivity contribution >= 4 is 0 Å². The number of allylic oxidation sites excluding steroid dienone is 4. The van der Waals surface area contributed by atoms with E-state index in [-0.39, 0.29) is 5.60 Å². The highest BCUT2D eigenvalue weighted by Crippen LogP contribution is 2.55. The molecule has 0 amide bonds. The van der Waals surface area contributed by atoms with Crippen molar-refractivity contribution in [2.24, 2.45) is 0 Å². The molecule has 1 unspecified atom stereocenters. The molecule has 0 aromatic carbocycles. The van der Waals surface area contributed by atoms with Gasteiger partial charge in [-0.2, -0.15) is 0 Å². The van der Waals surface area contributed by atoms with Gasteiger partial charge in [-0.05, 0) is 42.9 Å². The van der Waals surface area contributed by atoms with Crippen LogP contribution >= 0.6 is 0 Å². The normalized spacial score (nSPS) is 30.2. The SMILES string of the molecule is COCOC12CCC=CC1=C1C=CCC(C)=C12. The van der Waals surface area contributed by atoms with Crippen LogP contribution in [0.5, 0.6) is 0 Å². The molecule has 0 aliphatic heterocycles. The van der Waals surface area contributed by atoms with Crippen molar-refractivity contribution in [2.45, 2.75) is 31.8 Å². The highest BCUT2D eigenvalue weighted by Gasteiger charge is 2.50. The molecule has 0 heterocycles. The number of hydrogen-bond acceptors (Lipinski definition) is 2. The molecule has 0 aromatic heterocycles. The Morgan fingerprint density at radius 3 is 3.00 bits per heavy atom. The zero-order valence-electron chi connectivity index (χ0n) is 10.5. The van der Waals surface area contributed by atoms with Crippen molar-refractivity contribution in [3.63, 3.8) is 0 Å². The van der Waals surface area contributed by atoms with Crippen LogP contribution in [0.2, 0.25) is 0 Å². The smallest absolute Gasteiger partial charge is 0.148 e. The molecule has 0 bridgehead atoms. The lowest BCUT2D eigenvalue weighted by atomic mass is 9.61. The summed E-state index contributed by atoms with van der Waals surface area (Å²) in [6.07, 6.45) is 12.1. The van der Waals surface area contributed by atoms with Crippen molar-refractivity contribution in [3.8, 4) is 0 Å². The van der Waals surface area contributed by atoms with Gasteiger partial charge in [0.1, 0.15) is 12.4 Å². The summed E-state index contributed by atoms with van der Waals surface area (Å²) in [6.45, 7) is 2.58. The molecule has 3 rings (SSSR count). The predicted molar refractivity (Wildman–Crippen MR) is 67.5 cm³/mol. The topological polar surface area (TPSA) is 18.5 Å². The van der Waals surface area contributed by atoms with Gasteiger partial charge in [-0.15, -0.1) is 0 Å². The van der Waals surface area contributed by atoms with E-state index in [0.29, 0.717) is 6.79 Å². The molecule has 0 spiro atoms. The minimum atomic E-state index is -0.172. The molecule has 17 heavy (non-hydrogen) atoms. The summed E-state index contributed by atoms with van der Waals surface area (Å²) in [5.41, 5.74) is 5.40. The van der Waals surface area contributed by atoms with Gasteiger partial charge < -0.3 is 9.47 Å². The first-order valence-corrected chi connectivity index (χ1v) is 6.21. The Labute approximate surface area is 102 Å². The van der Waals surface area contributed by atoms with Gasteiger partial charge in [0, 0.05) is 7.11 Å². The summed E-state index contributed by atoms with van der Waals surface area (Å²) >= 11 is 0. The molecule has 90 valence electrons. The first-order valence-electron chi connectivity index (χ1n) is 6.21. The predicted octanol–water partition coefficient (Wildman–Crippen LogP) is 3.28. The summed E-state index contributed by atoms with van der Waals surface area (Å²) in [5, 5.41) is 0. The van der Waals surface area contributed by atoms with E-state index in [0.717, 1.165) is 19.3 Å². The molecule has 0 radical (unpaired) electrons. The van der Waals surface area contributed by atoms with Gasteiger partial charge in [0.15, 0.2) is 0 Å². The summed E-state index contributed by atoms with van der Waals surface area (Å²) in [6, 6.07) is 0. The van der Waals surface area contributed by atoms with Crippen LogP contribution in [0.15, 0.2) is 46.6 Å². The number of hydrogen-bond donors (Lipinski definition) is 0. The van der Waals surface area contributed by atoms with E-state index in [1.54, 1.807) is 7.11 Å². The molecule has 0 fully saturated rings. The number of fused-ring (bicyclic) bond motifs is 3. The van der Waals surface area contributed by atoms with Crippen molar-refractivity contribution < 1.29 is 9.47 Å². The van der Waals surface area contributed by atoms with Gasteiger partial charge >= 0.3 is 0 Å². The van der Waals surface area contributed by atoms with Crippen LogP contribution in [0.3, 0.4) is 0 Å². The maximum atomic E-state index is 6.04. The maximum Gasteiger partial charge on any atom is 0.148 e. The molecule has 0 aromatic rings. The lowest BCUT2D eigenvalue weighted by molar-refractivity contribution is -0.105. The fraction of sp³-hybridized carbons (Fsp3) is 0.467. The Hall–Kier alpha value is -1.12. The highest BCUT2D eigenvalue weighted by atomic mass is 16.7. The number of methoxy groups -OCH3 is 1. The van der Waals surface area contributed by atoms with Gasteiger partial charge in [0.2, 0.25) is 0 Å². The van der Waals surface area contributed by atoms with Gasteiger partial charge in [-0.1, -0.05) is 29.9 Å². The Kier molecular flexibility index (Phi) is 2.57. The van der Waals surface area contributed by atoms with Gasteiger partial charge in [-0.3, -0.25) is 0 Å². The van der Waals surface area contributed by atoms with Crippen LogP contribution < -0.4 is 0 Å². The fourth-order valence-corrected chi connectivity index (χ4v) is 3.20. The van der Waals surface area contributed by atoms with Crippen LogP contribution in [-0.2, 0) is 9.47 Å². The molecule has 1 atom stereocenters. The van der Waals surface area contributed by atoms with Crippen molar-refractivity contribution in [1.82, 2.24) is 0 Å². The standard InChI is InChI=1S/C15H18O2/c1-11-6-5-7-12-13-8-3-4-9-15(13,14(11)12)17-10-16-2/h3,5,7-8H,4,6,9-10H2,1-2H3. The summed E-state index contributed by atoms with van der Waals surface area (Å²) in [4.78, 5) is 0. The van der Waals surface area contributed by atoms with Crippen LogP contribution in [0.1, 0.15) is 26.2 Å². The van der Waals surface area contributed by atoms with E-state index < -0.39 is 0 Å². The lowest BCUT2D eigenvalue weighted by Gasteiger charge is -2.50. The van der Waals surface area contributed by atoms with Crippen LogP contribution in [0.25, 0.3) is 0 Å². The Balaban J connectivity index is 2.07. The molecule has 0 saturated heterocycles. The van der Waals surface area contributed by atoms with Crippen LogP contribution in [0.4, 0.5) is 0 Å². The summed E-state index contributed by atoms with van der Waals surface area (Å²) in [5.74, 6) is 0. The van der Waals surface area contributed by atoms with E-state index in [2.05, 4.69) is 31.2 Å². The zero-order chi connectivity index (χ0) is 11.9. The highest BCUT2D eigenvalue weighted by molar-refractivity contribution is 5.71. The second-order valence-corrected chi connectivity index (χ2v) is 4.91. The minimum Gasteiger partial charge on any atom is -0.359 e. The third-order valence-corrected chi connectivity index (χ3v) is 3.90. The summed E-state index contributed by atoms with van der Waals surface area (Å²) < 4.78 is 11.1. The van der Waals surface area contributed by atoms with E-state index in [1.165, 1.54) is 22.3 Å².